The Morgan fingerprint density at radius 1 is 1.43 bits per heavy atom. The zero-order valence-electron chi connectivity index (χ0n) is 12.0. The highest BCUT2D eigenvalue weighted by atomic mass is 79.9. The van der Waals surface area contributed by atoms with E-state index in [1.54, 1.807) is 6.07 Å². The molecule has 1 unspecified atom stereocenters. The van der Waals surface area contributed by atoms with Crippen LogP contribution in [0.5, 0.6) is 0 Å². The van der Waals surface area contributed by atoms with Gasteiger partial charge in [-0.1, -0.05) is 15.9 Å². The van der Waals surface area contributed by atoms with Gasteiger partial charge < -0.3 is 10.1 Å². The highest BCUT2D eigenvalue weighted by molar-refractivity contribution is 9.10. The van der Waals surface area contributed by atoms with Crippen molar-refractivity contribution in [3.8, 4) is 0 Å². The molecule has 0 aliphatic heterocycles. The van der Waals surface area contributed by atoms with Crippen LogP contribution in [0, 0.1) is 5.92 Å². The maximum Gasteiger partial charge on any atom is 0.356 e. The topological polar surface area (TPSA) is 51.2 Å². The molecule has 2 aromatic rings. The Hall–Kier alpha value is -1.62. The Labute approximate surface area is 132 Å². The van der Waals surface area contributed by atoms with Gasteiger partial charge in [-0.2, -0.15) is 0 Å². The number of aromatic nitrogens is 1. The number of rotatable bonds is 4. The van der Waals surface area contributed by atoms with E-state index in [4.69, 9.17) is 4.74 Å². The van der Waals surface area contributed by atoms with Crippen LogP contribution >= 0.6 is 15.9 Å². The number of hydrogen-bond donors (Lipinski definition) is 1. The summed E-state index contributed by atoms with van der Waals surface area (Å²) in [5.74, 6) is 0.309. The molecule has 3 rings (SSSR count). The number of esters is 1. The molecule has 110 valence electrons. The molecule has 1 aromatic carbocycles. The molecule has 5 heteroatoms. The van der Waals surface area contributed by atoms with E-state index >= 15 is 0 Å². The second-order valence-electron chi connectivity index (χ2n) is 5.48. The minimum atomic E-state index is -0.415. The van der Waals surface area contributed by atoms with Gasteiger partial charge in [-0.05, 0) is 49.9 Å². The molecule has 21 heavy (non-hydrogen) atoms. The lowest BCUT2D eigenvalue weighted by Gasteiger charge is -2.17. The van der Waals surface area contributed by atoms with Crippen LogP contribution in [0.15, 0.2) is 28.7 Å². The third-order valence-corrected chi connectivity index (χ3v) is 4.37. The summed E-state index contributed by atoms with van der Waals surface area (Å²) in [7, 11) is 1.37. The number of fused-ring (bicyclic) bond motifs is 1. The number of carbonyl (C=O) groups is 1. The molecule has 0 amide bonds. The van der Waals surface area contributed by atoms with Crippen molar-refractivity contribution < 1.29 is 9.53 Å². The van der Waals surface area contributed by atoms with Crippen molar-refractivity contribution in [3.63, 3.8) is 0 Å². The summed E-state index contributed by atoms with van der Waals surface area (Å²) in [5, 5.41) is 4.53. The smallest absolute Gasteiger partial charge is 0.356 e. The van der Waals surface area contributed by atoms with Gasteiger partial charge in [0.1, 0.15) is 0 Å². The first kappa shape index (κ1) is 14.3. The number of carbonyl (C=O) groups excluding carboxylic acids is 1. The monoisotopic (exact) mass is 348 g/mol. The van der Waals surface area contributed by atoms with E-state index in [-0.39, 0.29) is 0 Å². The molecule has 1 heterocycles. The van der Waals surface area contributed by atoms with Crippen LogP contribution in [-0.2, 0) is 4.74 Å². The minimum Gasteiger partial charge on any atom is -0.464 e. The second-order valence-corrected chi connectivity index (χ2v) is 6.39. The zero-order chi connectivity index (χ0) is 15.0. The lowest BCUT2D eigenvalue weighted by Crippen LogP contribution is -2.18. The average Bonchev–Trinajstić information content (AvgIpc) is 3.31. The summed E-state index contributed by atoms with van der Waals surface area (Å²) in [4.78, 5) is 16.2. The van der Waals surface area contributed by atoms with Gasteiger partial charge in [-0.25, -0.2) is 9.78 Å². The number of hydrogen-bond acceptors (Lipinski definition) is 4. The number of anilines is 1. The van der Waals surface area contributed by atoms with E-state index in [1.165, 1.54) is 20.0 Å². The Morgan fingerprint density at radius 3 is 2.86 bits per heavy atom. The van der Waals surface area contributed by atoms with Crippen molar-refractivity contribution in [1.29, 1.82) is 0 Å². The molecular weight excluding hydrogens is 332 g/mol. The molecule has 1 fully saturated rings. The highest BCUT2D eigenvalue weighted by Gasteiger charge is 2.28. The Balaban J connectivity index is 2.08. The van der Waals surface area contributed by atoms with E-state index in [9.17, 15) is 4.79 Å². The first-order valence-corrected chi connectivity index (χ1v) is 7.83. The summed E-state index contributed by atoms with van der Waals surface area (Å²) >= 11 is 3.49. The fourth-order valence-electron chi connectivity index (χ4n) is 2.49. The maximum atomic E-state index is 11.8. The molecule has 1 saturated carbocycles. The van der Waals surface area contributed by atoms with Crippen LogP contribution < -0.4 is 5.32 Å². The lowest BCUT2D eigenvalue weighted by atomic mass is 10.1. The molecule has 0 saturated heterocycles. The van der Waals surface area contributed by atoms with Gasteiger partial charge in [0.15, 0.2) is 5.69 Å². The molecule has 0 bridgehead atoms. The number of halogens is 1. The van der Waals surface area contributed by atoms with Crippen LogP contribution in [0.2, 0.25) is 0 Å². The number of methoxy groups -OCH3 is 1. The fraction of sp³-hybridized carbons (Fsp3) is 0.375. The van der Waals surface area contributed by atoms with E-state index in [0.717, 1.165) is 27.0 Å². The third kappa shape index (κ3) is 3.02. The van der Waals surface area contributed by atoms with Crippen molar-refractivity contribution in [2.45, 2.75) is 25.8 Å². The zero-order valence-corrected chi connectivity index (χ0v) is 13.6. The molecule has 4 nitrogen and oxygen atoms in total. The molecule has 1 aromatic heterocycles. The van der Waals surface area contributed by atoms with Crippen molar-refractivity contribution in [1.82, 2.24) is 4.98 Å². The summed E-state index contributed by atoms with van der Waals surface area (Å²) in [6, 6.07) is 8.01. The van der Waals surface area contributed by atoms with Gasteiger partial charge in [-0.3, -0.25) is 0 Å². The predicted molar refractivity (Wildman–Crippen MR) is 86.6 cm³/mol. The van der Waals surface area contributed by atoms with Crippen LogP contribution in [0.3, 0.4) is 0 Å². The number of nitrogens with zero attached hydrogens (tertiary/aromatic N) is 1. The molecule has 1 atom stereocenters. The van der Waals surface area contributed by atoms with E-state index in [0.29, 0.717) is 11.7 Å². The van der Waals surface area contributed by atoms with Crippen molar-refractivity contribution in [2.75, 3.05) is 12.4 Å². The van der Waals surface area contributed by atoms with Gasteiger partial charge in [0.25, 0.3) is 0 Å². The van der Waals surface area contributed by atoms with E-state index < -0.39 is 5.97 Å². The van der Waals surface area contributed by atoms with Gasteiger partial charge in [0, 0.05) is 21.6 Å². The number of ether oxygens (including phenoxy) is 1. The molecule has 1 aliphatic rings. The van der Waals surface area contributed by atoms with Crippen LogP contribution in [-0.4, -0.2) is 24.1 Å². The maximum absolute atomic E-state index is 11.8. The molecule has 0 spiro atoms. The van der Waals surface area contributed by atoms with Crippen molar-refractivity contribution in [3.05, 3.63) is 34.4 Å². The van der Waals surface area contributed by atoms with E-state index in [2.05, 4.69) is 33.2 Å². The Morgan fingerprint density at radius 2 is 2.19 bits per heavy atom. The Bertz CT molecular complexity index is 698. The summed E-state index contributed by atoms with van der Waals surface area (Å²) in [5.41, 5.74) is 2.05. The van der Waals surface area contributed by atoms with Gasteiger partial charge in [0.05, 0.1) is 12.6 Å². The van der Waals surface area contributed by atoms with Crippen LogP contribution in [0.1, 0.15) is 30.3 Å². The summed E-state index contributed by atoms with van der Waals surface area (Å²) in [6.07, 6.45) is 2.54. The Kier molecular flexibility index (Phi) is 3.85. The number of benzene rings is 1. The highest BCUT2D eigenvalue weighted by Crippen LogP contribution is 2.35. The standard InChI is InChI=1S/C16H17BrN2O2/c1-9(10-3-4-10)18-14-8-15(16(20)21-2)19-13-6-5-11(17)7-12(13)14/h5-10H,3-4H2,1-2H3,(H,18,19). The fourth-order valence-corrected chi connectivity index (χ4v) is 2.85. The summed E-state index contributed by atoms with van der Waals surface area (Å²) in [6.45, 7) is 2.18. The molecular formula is C16H17BrN2O2. The van der Waals surface area contributed by atoms with Crippen LogP contribution in [0.4, 0.5) is 5.69 Å². The normalized spacial score (nSPS) is 15.8. The lowest BCUT2D eigenvalue weighted by molar-refractivity contribution is 0.0594. The van der Waals surface area contributed by atoms with Crippen molar-refractivity contribution >= 4 is 38.5 Å². The average molecular weight is 349 g/mol. The molecule has 1 N–H and O–H groups in total. The molecule has 0 radical (unpaired) electrons. The predicted octanol–water partition coefficient (Wildman–Crippen LogP) is 3.99. The first-order valence-electron chi connectivity index (χ1n) is 7.03. The van der Waals surface area contributed by atoms with Crippen molar-refractivity contribution in [2.24, 2.45) is 5.92 Å². The minimum absolute atomic E-state index is 0.331. The SMILES string of the molecule is COC(=O)c1cc(NC(C)C2CC2)c2cc(Br)ccc2n1. The van der Waals surface area contributed by atoms with Crippen LogP contribution in [0.25, 0.3) is 10.9 Å². The van der Waals surface area contributed by atoms with E-state index in [1.807, 2.05) is 18.2 Å². The third-order valence-electron chi connectivity index (χ3n) is 3.88. The quantitative estimate of drug-likeness (QED) is 0.848. The number of nitrogens with one attached hydrogen (secondary N) is 1. The molecule has 1 aliphatic carbocycles. The first-order chi connectivity index (χ1) is 10.1. The summed E-state index contributed by atoms with van der Waals surface area (Å²) < 4.78 is 5.78. The largest absolute Gasteiger partial charge is 0.464 e. The van der Waals surface area contributed by atoms with Gasteiger partial charge >= 0.3 is 5.97 Å². The number of pyridine rings is 1. The van der Waals surface area contributed by atoms with Gasteiger partial charge in [0.2, 0.25) is 0 Å². The second kappa shape index (κ2) is 5.64. The van der Waals surface area contributed by atoms with Gasteiger partial charge in [-0.15, -0.1) is 0 Å².